The van der Waals surface area contributed by atoms with Gasteiger partial charge in [-0.3, -0.25) is 0 Å². The number of hydrogen-bond acceptors (Lipinski definition) is 5. The van der Waals surface area contributed by atoms with Crippen LogP contribution in [0.4, 0.5) is 5.95 Å². The molecule has 0 saturated carbocycles. The molecule has 2 heterocycles. The lowest BCUT2D eigenvalue weighted by molar-refractivity contribution is 0.295. The normalized spacial score (nSPS) is 16.5. The van der Waals surface area contributed by atoms with Gasteiger partial charge in [0.15, 0.2) is 0 Å². The molecular formula is C16H28N4O. The molecule has 5 heteroatoms. The van der Waals surface area contributed by atoms with E-state index in [4.69, 9.17) is 4.74 Å². The SMILES string of the molecule is CCCOc1cc(C)nc(NCCN2CCCCCC2)n1. The Bertz CT molecular complexity index is 417. The second kappa shape index (κ2) is 8.82. The summed E-state index contributed by atoms with van der Waals surface area (Å²) in [7, 11) is 0. The van der Waals surface area contributed by atoms with Crippen LogP contribution >= 0.6 is 0 Å². The third-order valence-electron chi connectivity index (χ3n) is 3.69. The Kier molecular flexibility index (Phi) is 6.73. The molecule has 2 rings (SSSR count). The van der Waals surface area contributed by atoms with Gasteiger partial charge in [0.05, 0.1) is 6.61 Å². The third kappa shape index (κ3) is 5.87. The molecule has 1 aromatic heterocycles. The van der Waals surface area contributed by atoms with Gasteiger partial charge in [0, 0.05) is 24.8 Å². The van der Waals surface area contributed by atoms with Gasteiger partial charge in [-0.05, 0) is 39.3 Å². The number of aromatic nitrogens is 2. The van der Waals surface area contributed by atoms with Crippen molar-refractivity contribution in [2.45, 2.75) is 46.0 Å². The number of aryl methyl sites for hydroxylation is 1. The van der Waals surface area contributed by atoms with E-state index < -0.39 is 0 Å². The van der Waals surface area contributed by atoms with Gasteiger partial charge in [-0.25, -0.2) is 4.98 Å². The van der Waals surface area contributed by atoms with Crippen molar-refractivity contribution in [2.75, 3.05) is 38.1 Å². The lowest BCUT2D eigenvalue weighted by Gasteiger charge is -2.19. The molecular weight excluding hydrogens is 264 g/mol. The van der Waals surface area contributed by atoms with Crippen LogP contribution in [0.15, 0.2) is 6.07 Å². The van der Waals surface area contributed by atoms with E-state index in [1.54, 1.807) is 0 Å². The monoisotopic (exact) mass is 292 g/mol. The number of anilines is 1. The molecule has 0 atom stereocenters. The van der Waals surface area contributed by atoms with Crippen molar-refractivity contribution in [1.29, 1.82) is 0 Å². The quantitative estimate of drug-likeness (QED) is 0.837. The Morgan fingerprint density at radius 3 is 2.67 bits per heavy atom. The molecule has 0 radical (unpaired) electrons. The molecule has 1 N–H and O–H groups in total. The molecule has 0 spiro atoms. The molecule has 5 nitrogen and oxygen atoms in total. The van der Waals surface area contributed by atoms with Crippen LogP contribution in [0, 0.1) is 6.92 Å². The highest BCUT2D eigenvalue weighted by Gasteiger charge is 2.09. The molecule has 1 aliphatic heterocycles. The molecule has 0 amide bonds. The summed E-state index contributed by atoms with van der Waals surface area (Å²) in [5, 5.41) is 3.33. The molecule has 1 fully saturated rings. The molecule has 0 unspecified atom stereocenters. The number of hydrogen-bond donors (Lipinski definition) is 1. The van der Waals surface area contributed by atoms with E-state index in [1.165, 1.54) is 38.8 Å². The highest BCUT2D eigenvalue weighted by Crippen LogP contribution is 2.12. The first-order valence-electron chi connectivity index (χ1n) is 8.22. The van der Waals surface area contributed by atoms with E-state index in [1.807, 2.05) is 13.0 Å². The first kappa shape index (κ1) is 16.0. The molecule has 1 aliphatic rings. The summed E-state index contributed by atoms with van der Waals surface area (Å²) in [6.45, 7) is 9.15. The average molecular weight is 292 g/mol. The van der Waals surface area contributed by atoms with Crippen LogP contribution in [0.2, 0.25) is 0 Å². The fourth-order valence-electron chi connectivity index (χ4n) is 2.58. The molecule has 1 aromatic rings. The third-order valence-corrected chi connectivity index (χ3v) is 3.69. The number of nitrogens with zero attached hydrogens (tertiary/aromatic N) is 3. The van der Waals surface area contributed by atoms with Crippen molar-refractivity contribution >= 4 is 5.95 Å². The van der Waals surface area contributed by atoms with Crippen molar-refractivity contribution in [2.24, 2.45) is 0 Å². The van der Waals surface area contributed by atoms with Crippen LogP contribution < -0.4 is 10.1 Å². The van der Waals surface area contributed by atoms with Gasteiger partial charge in [-0.1, -0.05) is 19.8 Å². The number of ether oxygens (including phenoxy) is 1. The smallest absolute Gasteiger partial charge is 0.226 e. The van der Waals surface area contributed by atoms with E-state index in [-0.39, 0.29) is 0 Å². The zero-order valence-electron chi connectivity index (χ0n) is 13.4. The van der Waals surface area contributed by atoms with Gasteiger partial charge < -0.3 is 15.0 Å². The largest absolute Gasteiger partial charge is 0.478 e. The maximum atomic E-state index is 5.59. The first-order valence-corrected chi connectivity index (χ1v) is 8.22. The summed E-state index contributed by atoms with van der Waals surface area (Å²) < 4.78 is 5.59. The minimum atomic E-state index is 0.668. The number of likely N-dealkylation sites (tertiary alicyclic amines) is 1. The molecule has 21 heavy (non-hydrogen) atoms. The summed E-state index contributed by atoms with van der Waals surface area (Å²) in [4.78, 5) is 11.4. The van der Waals surface area contributed by atoms with E-state index in [0.717, 1.165) is 25.2 Å². The number of rotatable bonds is 7. The predicted molar refractivity (Wildman–Crippen MR) is 86.0 cm³/mol. The molecule has 0 aliphatic carbocycles. The molecule has 0 aromatic carbocycles. The van der Waals surface area contributed by atoms with Crippen LogP contribution in [-0.4, -0.2) is 47.7 Å². The minimum absolute atomic E-state index is 0.668. The van der Waals surface area contributed by atoms with Crippen molar-refractivity contribution in [3.05, 3.63) is 11.8 Å². The predicted octanol–water partition coefficient (Wildman–Crippen LogP) is 2.86. The zero-order chi connectivity index (χ0) is 14.9. The zero-order valence-corrected chi connectivity index (χ0v) is 13.4. The first-order chi connectivity index (χ1) is 10.3. The standard InChI is InChI=1S/C16H28N4O/c1-3-12-21-15-13-14(2)18-16(19-15)17-8-11-20-9-6-4-5-7-10-20/h13H,3-12H2,1-2H3,(H,17,18,19). The highest BCUT2D eigenvalue weighted by atomic mass is 16.5. The van der Waals surface area contributed by atoms with E-state index >= 15 is 0 Å². The second-order valence-electron chi connectivity index (χ2n) is 5.70. The van der Waals surface area contributed by atoms with Gasteiger partial charge in [0.1, 0.15) is 0 Å². The van der Waals surface area contributed by atoms with Crippen molar-refractivity contribution in [3.8, 4) is 5.88 Å². The van der Waals surface area contributed by atoms with Gasteiger partial charge in [-0.2, -0.15) is 4.98 Å². The minimum Gasteiger partial charge on any atom is -0.478 e. The van der Waals surface area contributed by atoms with Crippen LogP contribution in [-0.2, 0) is 0 Å². The Balaban J connectivity index is 1.80. The van der Waals surface area contributed by atoms with Crippen LogP contribution in [0.3, 0.4) is 0 Å². The van der Waals surface area contributed by atoms with E-state index in [2.05, 4.69) is 27.1 Å². The summed E-state index contributed by atoms with van der Waals surface area (Å²) in [5.41, 5.74) is 0.938. The van der Waals surface area contributed by atoms with Gasteiger partial charge in [0.25, 0.3) is 0 Å². The molecule has 0 bridgehead atoms. The van der Waals surface area contributed by atoms with Gasteiger partial charge in [-0.15, -0.1) is 0 Å². The number of nitrogens with one attached hydrogen (secondary N) is 1. The fraction of sp³-hybridized carbons (Fsp3) is 0.750. The summed E-state index contributed by atoms with van der Waals surface area (Å²) in [6, 6.07) is 1.88. The maximum Gasteiger partial charge on any atom is 0.226 e. The topological polar surface area (TPSA) is 50.3 Å². The van der Waals surface area contributed by atoms with Crippen molar-refractivity contribution in [3.63, 3.8) is 0 Å². The van der Waals surface area contributed by atoms with Crippen molar-refractivity contribution in [1.82, 2.24) is 14.9 Å². The van der Waals surface area contributed by atoms with E-state index in [0.29, 0.717) is 18.4 Å². The summed E-state index contributed by atoms with van der Waals surface area (Å²) in [6.07, 6.45) is 6.40. The Morgan fingerprint density at radius 2 is 1.95 bits per heavy atom. The highest BCUT2D eigenvalue weighted by molar-refractivity contribution is 5.30. The van der Waals surface area contributed by atoms with Crippen LogP contribution in [0.5, 0.6) is 5.88 Å². The van der Waals surface area contributed by atoms with Crippen LogP contribution in [0.25, 0.3) is 0 Å². The second-order valence-corrected chi connectivity index (χ2v) is 5.70. The Hall–Kier alpha value is -1.36. The molecule has 1 saturated heterocycles. The van der Waals surface area contributed by atoms with E-state index in [9.17, 15) is 0 Å². The fourth-order valence-corrected chi connectivity index (χ4v) is 2.58. The van der Waals surface area contributed by atoms with Gasteiger partial charge >= 0.3 is 0 Å². The average Bonchev–Trinajstić information content (AvgIpc) is 2.73. The summed E-state index contributed by atoms with van der Waals surface area (Å²) >= 11 is 0. The van der Waals surface area contributed by atoms with Crippen molar-refractivity contribution < 1.29 is 4.74 Å². The van der Waals surface area contributed by atoms with Crippen LogP contribution in [0.1, 0.15) is 44.7 Å². The molecule has 118 valence electrons. The van der Waals surface area contributed by atoms with Gasteiger partial charge in [0.2, 0.25) is 11.8 Å². The lowest BCUT2D eigenvalue weighted by atomic mass is 10.2. The lowest BCUT2D eigenvalue weighted by Crippen LogP contribution is -2.30. The Morgan fingerprint density at radius 1 is 1.19 bits per heavy atom. The summed E-state index contributed by atoms with van der Waals surface area (Å²) in [5.74, 6) is 1.34. The Labute approximate surface area is 128 Å². The maximum absolute atomic E-state index is 5.59.